The second kappa shape index (κ2) is 10.2. The molecule has 0 atom stereocenters. The van der Waals surface area contributed by atoms with E-state index < -0.39 is 0 Å². The second-order valence-electron chi connectivity index (χ2n) is 6.55. The average Bonchev–Trinajstić information content (AvgIpc) is 3.28. The van der Waals surface area contributed by atoms with Crippen LogP contribution in [0.4, 0.5) is 0 Å². The number of rotatable bonds is 8. The number of hydrogen-bond donors (Lipinski definition) is 1. The number of nitrogens with one attached hydrogen (secondary N) is 1. The number of pyridine rings is 1. The SMILES string of the molecule is C=N/C(=C(\SCNC(=O)c1ccc(C)nc1)C(=O)C1CCOCC1)c1ccco1. The Hall–Kier alpha value is -2.71. The Morgan fingerprint density at radius 3 is 2.72 bits per heavy atom. The first kappa shape index (κ1) is 21.0. The van der Waals surface area contributed by atoms with Crippen LogP contribution < -0.4 is 5.32 Å². The van der Waals surface area contributed by atoms with Crippen LogP contribution in [-0.4, -0.2) is 42.5 Å². The molecule has 0 aromatic carbocycles. The summed E-state index contributed by atoms with van der Waals surface area (Å²) < 4.78 is 10.8. The van der Waals surface area contributed by atoms with Gasteiger partial charge in [0.1, 0.15) is 5.70 Å². The topological polar surface area (TPSA) is 93.8 Å². The lowest BCUT2D eigenvalue weighted by atomic mass is 9.94. The molecule has 29 heavy (non-hydrogen) atoms. The lowest BCUT2D eigenvalue weighted by Crippen LogP contribution is -2.26. The van der Waals surface area contributed by atoms with Gasteiger partial charge in [-0.2, -0.15) is 0 Å². The number of carbonyl (C=O) groups is 2. The van der Waals surface area contributed by atoms with E-state index in [2.05, 4.69) is 22.0 Å². The van der Waals surface area contributed by atoms with E-state index in [-0.39, 0.29) is 23.5 Å². The highest BCUT2D eigenvalue weighted by atomic mass is 32.2. The summed E-state index contributed by atoms with van der Waals surface area (Å²) in [5.74, 6) is 0.251. The zero-order valence-electron chi connectivity index (χ0n) is 16.2. The smallest absolute Gasteiger partial charge is 0.253 e. The van der Waals surface area contributed by atoms with Crippen molar-refractivity contribution in [1.29, 1.82) is 0 Å². The number of ketones is 1. The molecule has 8 heteroatoms. The molecule has 0 bridgehead atoms. The van der Waals surface area contributed by atoms with Gasteiger partial charge in [-0.1, -0.05) is 11.8 Å². The molecule has 2 aromatic heterocycles. The number of ether oxygens (including phenoxy) is 1. The number of Topliss-reactive ketones (excluding diaryl/α,β-unsaturated/α-hetero) is 1. The van der Waals surface area contributed by atoms with Gasteiger partial charge in [-0.25, -0.2) is 0 Å². The molecule has 0 aliphatic carbocycles. The van der Waals surface area contributed by atoms with Crippen LogP contribution in [0.5, 0.6) is 0 Å². The highest BCUT2D eigenvalue weighted by molar-refractivity contribution is 8.04. The third-order valence-electron chi connectivity index (χ3n) is 4.57. The largest absolute Gasteiger partial charge is 0.463 e. The molecule has 1 saturated heterocycles. The van der Waals surface area contributed by atoms with Crippen LogP contribution in [0, 0.1) is 12.8 Å². The number of hydrogen-bond acceptors (Lipinski definition) is 7. The van der Waals surface area contributed by atoms with Crippen LogP contribution in [0.2, 0.25) is 0 Å². The molecular formula is C21H23N3O4S. The molecule has 1 N–H and O–H groups in total. The van der Waals surface area contributed by atoms with Gasteiger partial charge in [-0.3, -0.25) is 19.6 Å². The molecule has 1 amide bonds. The summed E-state index contributed by atoms with van der Waals surface area (Å²) in [7, 11) is 0. The maximum atomic E-state index is 13.2. The Morgan fingerprint density at radius 1 is 1.31 bits per heavy atom. The van der Waals surface area contributed by atoms with Crippen molar-refractivity contribution in [3.8, 4) is 0 Å². The molecule has 3 rings (SSSR count). The number of amides is 1. The maximum Gasteiger partial charge on any atom is 0.253 e. The van der Waals surface area contributed by atoms with E-state index in [9.17, 15) is 9.59 Å². The number of aryl methyl sites for hydroxylation is 1. The molecule has 2 aromatic rings. The number of nitrogens with zero attached hydrogens (tertiary/aromatic N) is 2. The van der Waals surface area contributed by atoms with Gasteiger partial charge in [0, 0.05) is 31.0 Å². The van der Waals surface area contributed by atoms with Crippen molar-refractivity contribution in [2.24, 2.45) is 10.9 Å². The summed E-state index contributed by atoms with van der Waals surface area (Å²) in [5.41, 5.74) is 1.69. The highest BCUT2D eigenvalue weighted by Gasteiger charge is 2.28. The lowest BCUT2D eigenvalue weighted by molar-refractivity contribution is -0.121. The third kappa shape index (κ3) is 5.42. The zero-order valence-corrected chi connectivity index (χ0v) is 17.0. The fraction of sp³-hybridized carbons (Fsp3) is 0.333. The molecular weight excluding hydrogens is 390 g/mol. The minimum Gasteiger partial charge on any atom is -0.463 e. The number of thioether (sulfide) groups is 1. The summed E-state index contributed by atoms with van der Waals surface area (Å²) in [6.45, 7) is 6.58. The van der Waals surface area contributed by atoms with E-state index in [4.69, 9.17) is 9.15 Å². The van der Waals surface area contributed by atoms with Crippen molar-refractivity contribution >= 4 is 35.9 Å². The van der Waals surface area contributed by atoms with Gasteiger partial charge in [0.25, 0.3) is 5.91 Å². The van der Waals surface area contributed by atoms with Crippen LogP contribution in [0.25, 0.3) is 5.70 Å². The van der Waals surface area contributed by atoms with E-state index in [1.807, 2.05) is 6.92 Å². The molecule has 0 unspecified atom stereocenters. The Bertz CT molecular complexity index is 885. The summed E-state index contributed by atoms with van der Waals surface area (Å²) >= 11 is 1.22. The fourth-order valence-corrected chi connectivity index (χ4v) is 3.91. The number of aliphatic imine (C=N–C) groups is 1. The molecule has 1 aliphatic heterocycles. The quantitative estimate of drug-likeness (QED) is 0.405. The zero-order chi connectivity index (χ0) is 20.6. The highest BCUT2D eigenvalue weighted by Crippen LogP contribution is 2.33. The first-order chi connectivity index (χ1) is 14.1. The molecule has 1 aliphatic rings. The third-order valence-corrected chi connectivity index (χ3v) is 5.54. The number of allylic oxidation sites excluding steroid dienone is 1. The molecule has 152 valence electrons. The molecule has 0 saturated carbocycles. The van der Waals surface area contributed by atoms with E-state index in [0.717, 1.165) is 5.69 Å². The Labute approximate surface area is 173 Å². The van der Waals surface area contributed by atoms with Crippen molar-refractivity contribution in [3.63, 3.8) is 0 Å². The Balaban J connectivity index is 1.76. The minimum absolute atomic E-state index is 0.0247. The van der Waals surface area contributed by atoms with Gasteiger partial charge in [0.15, 0.2) is 11.5 Å². The van der Waals surface area contributed by atoms with Crippen LogP contribution >= 0.6 is 11.8 Å². The van der Waals surface area contributed by atoms with Crippen LogP contribution in [0.1, 0.15) is 34.7 Å². The predicted molar refractivity (Wildman–Crippen MR) is 113 cm³/mol. The van der Waals surface area contributed by atoms with E-state index in [1.54, 1.807) is 24.3 Å². The maximum absolute atomic E-state index is 13.2. The van der Waals surface area contributed by atoms with Gasteiger partial charge in [0.05, 0.1) is 22.6 Å². The standard InChI is InChI=1S/C21H23N3O4S/c1-14-5-6-16(12-23-14)21(26)24-13-29-20(18(22-2)17-4-3-9-28-17)19(25)15-7-10-27-11-8-15/h3-6,9,12,15H,2,7-8,10-11,13H2,1H3,(H,24,26)/b20-18-. The van der Waals surface area contributed by atoms with Gasteiger partial charge < -0.3 is 14.5 Å². The van der Waals surface area contributed by atoms with Crippen molar-refractivity contribution in [3.05, 3.63) is 58.6 Å². The Morgan fingerprint density at radius 2 is 2.10 bits per heavy atom. The summed E-state index contributed by atoms with van der Waals surface area (Å²) in [6.07, 6.45) is 4.37. The van der Waals surface area contributed by atoms with Crippen LogP contribution in [0.3, 0.4) is 0 Å². The summed E-state index contributed by atoms with van der Waals surface area (Å²) in [5, 5.41) is 2.81. The molecule has 1 fully saturated rings. The number of aromatic nitrogens is 1. The van der Waals surface area contributed by atoms with E-state index in [1.165, 1.54) is 24.2 Å². The molecule has 3 heterocycles. The predicted octanol–water partition coefficient (Wildman–Crippen LogP) is 3.47. The first-order valence-corrected chi connectivity index (χ1v) is 10.3. The lowest BCUT2D eigenvalue weighted by Gasteiger charge is -2.22. The summed E-state index contributed by atoms with van der Waals surface area (Å²) in [6, 6.07) is 6.96. The minimum atomic E-state index is -0.256. The summed E-state index contributed by atoms with van der Waals surface area (Å²) in [4.78, 5) is 34.1. The van der Waals surface area contributed by atoms with Gasteiger partial charge in [-0.05, 0) is 50.7 Å². The van der Waals surface area contributed by atoms with Gasteiger partial charge in [0.2, 0.25) is 0 Å². The number of furan rings is 1. The van der Waals surface area contributed by atoms with Gasteiger partial charge >= 0.3 is 0 Å². The van der Waals surface area contributed by atoms with Gasteiger partial charge in [-0.15, -0.1) is 0 Å². The van der Waals surface area contributed by atoms with Crippen molar-refractivity contribution in [2.45, 2.75) is 19.8 Å². The van der Waals surface area contributed by atoms with Crippen molar-refractivity contribution < 1.29 is 18.7 Å². The number of carbonyl (C=O) groups excluding carboxylic acids is 2. The fourth-order valence-electron chi connectivity index (χ4n) is 2.95. The van der Waals surface area contributed by atoms with E-state index in [0.29, 0.717) is 48.0 Å². The van der Waals surface area contributed by atoms with Crippen molar-refractivity contribution in [2.75, 3.05) is 19.1 Å². The molecule has 0 spiro atoms. The average molecular weight is 413 g/mol. The first-order valence-electron chi connectivity index (χ1n) is 9.30. The Kier molecular flexibility index (Phi) is 7.37. The molecule has 7 nitrogen and oxygen atoms in total. The van der Waals surface area contributed by atoms with Crippen LogP contribution in [-0.2, 0) is 9.53 Å². The normalized spacial score (nSPS) is 15.5. The van der Waals surface area contributed by atoms with Crippen molar-refractivity contribution in [1.82, 2.24) is 10.3 Å². The molecule has 0 radical (unpaired) electrons. The monoisotopic (exact) mass is 413 g/mol. The van der Waals surface area contributed by atoms with E-state index >= 15 is 0 Å². The second-order valence-corrected chi connectivity index (χ2v) is 7.53. The van der Waals surface area contributed by atoms with Crippen LogP contribution in [0.15, 0.2) is 51.0 Å².